The van der Waals surface area contributed by atoms with Crippen LogP contribution in [0.3, 0.4) is 0 Å². The molecule has 0 spiro atoms. The highest BCUT2D eigenvalue weighted by Crippen LogP contribution is 2.02. The van der Waals surface area contributed by atoms with Gasteiger partial charge >= 0.3 is 0 Å². The molecular weight excluding hydrogens is 198 g/mol. The van der Waals surface area contributed by atoms with Gasteiger partial charge in [0, 0.05) is 12.6 Å². The first-order chi connectivity index (χ1) is 7.74. The molecule has 0 aromatic rings. The highest BCUT2D eigenvalue weighted by molar-refractivity contribution is 5.80. The first-order valence-corrected chi connectivity index (χ1v) is 6.22. The number of nitrogens with zero attached hydrogens (tertiary/aromatic N) is 1. The minimum Gasteiger partial charge on any atom is -0.357 e. The molecule has 3 heteroatoms. The summed E-state index contributed by atoms with van der Waals surface area (Å²) < 4.78 is 0. The van der Waals surface area contributed by atoms with Gasteiger partial charge < -0.3 is 10.6 Å². The zero-order chi connectivity index (χ0) is 12.2. The molecule has 0 aliphatic carbocycles. The van der Waals surface area contributed by atoms with Gasteiger partial charge in [0.05, 0.1) is 0 Å². The topological polar surface area (TPSA) is 36.4 Å². The Hall–Kier alpha value is -1.17. The normalized spacial score (nSPS) is 13.0. The fraction of sp³-hybridized carbons (Fsp3) is 0.769. The van der Waals surface area contributed by atoms with E-state index in [2.05, 4.69) is 42.3 Å². The molecule has 0 amide bonds. The van der Waals surface area contributed by atoms with E-state index >= 15 is 0 Å². The van der Waals surface area contributed by atoms with Gasteiger partial charge in [-0.2, -0.15) is 0 Å². The van der Waals surface area contributed by atoms with Crippen molar-refractivity contribution in [2.75, 3.05) is 13.1 Å². The summed E-state index contributed by atoms with van der Waals surface area (Å²) >= 11 is 0. The lowest BCUT2D eigenvalue weighted by Gasteiger charge is -2.17. The van der Waals surface area contributed by atoms with Crippen LogP contribution in [0.4, 0.5) is 0 Å². The highest BCUT2D eigenvalue weighted by Gasteiger charge is 2.03. The average molecular weight is 223 g/mol. The first-order valence-electron chi connectivity index (χ1n) is 6.22. The van der Waals surface area contributed by atoms with Gasteiger partial charge in [-0.15, -0.1) is 6.42 Å². The zero-order valence-corrected chi connectivity index (χ0v) is 10.8. The van der Waals surface area contributed by atoms with Crippen LogP contribution in [-0.2, 0) is 0 Å². The molecule has 1 unspecified atom stereocenters. The van der Waals surface area contributed by atoms with Crippen molar-refractivity contribution < 1.29 is 0 Å². The molecule has 3 nitrogen and oxygen atoms in total. The van der Waals surface area contributed by atoms with Gasteiger partial charge in [0.25, 0.3) is 0 Å². The molecule has 0 radical (unpaired) electrons. The van der Waals surface area contributed by atoms with E-state index in [0.717, 1.165) is 12.5 Å². The second-order valence-corrected chi connectivity index (χ2v) is 3.94. The van der Waals surface area contributed by atoms with Crippen LogP contribution < -0.4 is 10.6 Å². The molecule has 0 aromatic carbocycles. The van der Waals surface area contributed by atoms with E-state index in [1.54, 1.807) is 0 Å². The second-order valence-electron chi connectivity index (χ2n) is 3.94. The molecule has 0 heterocycles. The van der Waals surface area contributed by atoms with E-state index in [0.29, 0.717) is 12.6 Å². The molecule has 16 heavy (non-hydrogen) atoms. The van der Waals surface area contributed by atoms with Crippen LogP contribution >= 0.6 is 0 Å². The summed E-state index contributed by atoms with van der Waals surface area (Å²) in [6.07, 6.45) is 10.2. The van der Waals surface area contributed by atoms with Gasteiger partial charge in [-0.1, -0.05) is 32.1 Å². The molecule has 0 saturated carbocycles. The molecule has 0 rings (SSSR count). The molecule has 0 fully saturated rings. The predicted octanol–water partition coefficient (Wildman–Crippen LogP) is 2.14. The number of hydrogen-bond donors (Lipinski definition) is 2. The molecule has 0 aliphatic heterocycles. The van der Waals surface area contributed by atoms with Crippen LogP contribution in [0.25, 0.3) is 0 Å². The van der Waals surface area contributed by atoms with Gasteiger partial charge in [0.2, 0.25) is 0 Å². The van der Waals surface area contributed by atoms with Gasteiger partial charge in [-0.05, 0) is 20.3 Å². The van der Waals surface area contributed by atoms with Crippen LogP contribution in [0.5, 0.6) is 0 Å². The Morgan fingerprint density at radius 1 is 1.38 bits per heavy atom. The molecule has 0 saturated heterocycles. The maximum Gasteiger partial charge on any atom is 0.192 e. The Labute approximate surface area is 100 Å². The number of hydrogen-bond acceptors (Lipinski definition) is 1. The monoisotopic (exact) mass is 223 g/mol. The standard InChI is InChI=1S/C13H25N3/c1-5-8-9-10-12(4)16-13(14-7-3)15-11-6-2/h2,12H,5,7-11H2,1,3-4H3,(H2,14,15,16). The Kier molecular flexibility index (Phi) is 9.59. The minimum atomic E-state index is 0.428. The second kappa shape index (κ2) is 10.4. The average Bonchev–Trinajstić information content (AvgIpc) is 2.26. The largest absolute Gasteiger partial charge is 0.357 e. The Bertz CT molecular complexity index is 228. The summed E-state index contributed by atoms with van der Waals surface area (Å²) in [4.78, 5) is 4.26. The summed E-state index contributed by atoms with van der Waals surface area (Å²) in [7, 11) is 0. The number of guanidine groups is 1. The lowest BCUT2D eigenvalue weighted by atomic mass is 10.1. The smallest absolute Gasteiger partial charge is 0.192 e. The van der Waals surface area contributed by atoms with Crippen molar-refractivity contribution in [1.82, 2.24) is 10.6 Å². The molecular formula is C13H25N3. The van der Waals surface area contributed by atoms with E-state index in [-0.39, 0.29) is 0 Å². The van der Waals surface area contributed by atoms with Crippen LogP contribution in [0, 0.1) is 12.3 Å². The number of rotatable bonds is 7. The Balaban J connectivity index is 3.93. The number of unbranched alkanes of at least 4 members (excludes halogenated alkanes) is 2. The molecule has 1 atom stereocenters. The third-order valence-corrected chi connectivity index (χ3v) is 2.30. The van der Waals surface area contributed by atoms with E-state index in [1.807, 2.05) is 0 Å². The third kappa shape index (κ3) is 8.16. The van der Waals surface area contributed by atoms with Crippen LogP contribution in [0.15, 0.2) is 4.99 Å². The van der Waals surface area contributed by atoms with Crippen LogP contribution in [0.1, 0.15) is 46.5 Å². The number of nitrogens with one attached hydrogen (secondary N) is 2. The highest BCUT2D eigenvalue weighted by atomic mass is 15.2. The number of terminal acetylenes is 1. The molecule has 0 aliphatic rings. The van der Waals surface area contributed by atoms with Crippen molar-refractivity contribution >= 4 is 5.96 Å². The summed E-state index contributed by atoms with van der Waals surface area (Å²) in [5.41, 5.74) is 0. The number of aliphatic imine (C=N–C) groups is 1. The molecule has 0 aromatic heterocycles. The Morgan fingerprint density at radius 3 is 2.69 bits per heavy atom. The molecule has 2 N–H and O–H groups in total. The van der Waals surface area contributed by atoms with Crippen molar-refractivity contribution in [3.05, 3.63) is 0 Å². The van der Waals surface area contributed by atoms with E-state index < -0.39 is 0 Å². The summed E-state index contributed by atoms with van der Waals surface area (Å²) in [6.45, 7) is 7.73. The predicted molar refractivity (Wildman–Crippen MR) is 71.6 cm³/mol. The van der Waals surface area contributed by atoms with Crippen molar-refractivity contribution in [2.45, 2.75) is 52.5 Å². The van der Waals surface area contributed by atoms with Crippen molar-refractivity contribution in [3.8, 4) is 12.3 Å². The van der Waals surface area contributed by atoms with E-state index in [9.17, 15) is 0 Å². The van der Waals surface area contributed by atoms with Crippen LogP contribution in [0.2, 0.25) is 0 Å². The maximum absolute atomic E-state index is 5.19. The van der Waals surface area contributed by atoms with Gasteiger partial charge in [0.15, 0.2) is 5.96 Å². The lowest BCUT2D eigenvalue weighted by Crippen LogP contribution is -2.42. The van der Waals surface area contributed by atoms with Crippen LogP contribution in [-0.4, -0.2) is 25.1 Å². The van der Waals surface area contributed by atoms with Crippen molar-refractivity contribution in [3.63, 3.8) is 0 Å². The maximum atomic E-state index is 5.19. The Morgan fingerprint density at radius 2 is 2.12 bits per heavy atom. The molecule has 0 bridgehead atoms. The van der Waals surface area contributed by atoms with E-state index in [4.69, 9.17) is 6.42 Å². The third-order valence-electron chi connectivity index (χ3n) is 2.30. The lowest BCUT2D eigenvalue weighted by molar-refractivity contribution is 0.547. The first kappa shape index (κ1) is 14.8. The zero-order valence-electron chi connectivity index (χ0n) is 10.8. The van der Waals surface area contributed by atoms with Gasteiger partial charge in [0.1, 0.15) is 6.54 Å². The van der Waals surface area contributed by atoms with Crippen molar-refractivity contribution in [2.24, 2.45) is 4.99 Å². The minimum absolute atomic E-state index is 0.428. The summed E-state index contributed by atoms with van der Waals surface area (Å²) in [5, 5.41) is 6.54. The summed E-state index contributed by atoms with van der Waals surface area (Å²) in [6, 6.07) is 0.446. The fourth-order valence-electron chi connectivity index (χ4n) is 1.45. The fourth-order valence-corrected chi connectivity index (χ4v) is 1.45. The van der Waals surface area contributed by atoms with Gasteiger partial charge in [-0.25, -0.2) is 4.99 Å². The molecule has 92 valence electrons. The SMILES string of the molecule is C#CCN=C(NCC)NC(C)CCCCC. The van der Waals surface area contributed by atoms with Crippen molar-refractivity contribution in [1.29, 1.82) is 0 Å². The van der Waals surface area contributed by atoms with E-state index in [1.165, 1.54) is 25.7 Å². The van der Waals surface area contributed by atoms with Gasteiger partial charge in [-0.3, -0.25) is 0 Å². The quantitative estimate of drug-likeness (QED) is 0.300. The summed E-state index contributed by atoms with van der Waals surface area (Å²) in [5.74, 6) is 3.34.